The Morgan fingerprint density at radius 2 is 1.78 bits per heavy atom. The van der Waals surface area contributed by atoms with Crippen molar-refractivity contribution in [2.45, 2.75) is 11.8 Å². The van der Waals surface area contributed by atoms with E-state index in [1.807, 2.05) is 6.92 Å². The number of sulfonamides is 1. The van der Waals surface area contributed by atoms with Crippen molar-refractivity contribution in [3.8, 4) is 5.75 Å². The molecule has 6 nitrogen and oxygen atoms in total. The van der Waals surface area contributed by atoms with Crippen LogP contribution in [0.1, 0.15) is 17.3 Å². The summed E-state index contributed by atoms with van der Waals surface area (Å²) in [4.78, 5) is 14.3. The highest BCUT2D eigenvalue weighted by Crippen LogP contribution is 2.22. The Hall–Kier alpha value is -2.45. The van der Waals surface area contributed by atoms with Gasteiger partial charge in [-0.3, -0.25) is 4.79 Å². The summed E-state index contributed by atoms with van der Waals surface area (Å²) in [6.45, 7) is 3.12. The van der Waals surface area contributed by atoms with E-state index in [0.717, 1.165) is 6.07 Å². The van der Waals surface area contributed by atoms with Crippen LogP contribution < -0.4 is 4.74 Å². The van der Waals surface area contributed by atoms with Gasteiger partial charge in [0.2, 0.25) is 10.0 Å². The number of nitrogens with zero attached hydrogens (tertiary/aromatic N) is 2. The second kappa shape index (κ2) is 8.06. The molecule has 0 aromatic heterocycles. The summed E-state index contributed by atoms with van der Waals surface area (Å²) in [7, 11) is -3.78. The minimum absolute atomic E-state index is 0.0797. The van der Waals surface area contributed by atoms with Crippen LogP contribution in [0.3, 0.4) is 0 Å². The van der Waals surface area contributed by atoms with Gasteiger partial charge in [0.1, 0.15) is 11.6 Å². The second-order valence-electron chi connectivity index (χ2n) is 6.08. The van der Waals surface area contributed by atoms with Crippen molar-refractivity contribution in [3.05, 3.63) is 59.9 Å². The molecular weight excluding hydrogens is 371 g/mol. The quantitative estimate of drug-likeness (QED) is 0.784. The molecule has 0 N–H and O–H groups in total. The van der Waals surface area contributed by atoms with E-state index in [1.54, 1.807) is 29.2 Å². The van der Waals surface area contributed by atoms with E-state index in [1.165, 1.54) is 22.5 Å². The maximum Gasteiger partial charge on any atom is 0.257 e. The topological polar surface area (TPSA) is 66.9 Å². The molecule has 0 unspecified atom stereocenters. The lowest BCUT2D eigenvalue weighted by Crippen LogP contribution is -2.50. The predicted octanol–water partition coefficient (Wildman–Crippen LogP) is 2.37. The molecule has 1 heterocycles. The van der Waals surface area contributed by atoms with Crippen molar-refractivity contribution >= 4 is 15.9 Å². The molecule has 2 aromatic rings. The van der Waals surface area contributed by atoms with E-state index in [4.69, 9.17) is 4.74 Å². The van der Waals surface area contributed by atoms with E-state index in [0.29, 0.717) is 17.9 Å². The molecule has 0 bridgehead atoms. The number of ether oxygens (including phenoxy) is 1. The fourth-order valence-electron chi connectivity index (χ4n) is 3.00. The zero-order chi connectivity index (χ0) is 19.4. The van der Waals surface area contributed by atoms with Crippen LogP contribution in [0.2, 0.25) is 0 Å². The van der Waals surface area contributed by atoms with Crippen molar-refractivity contribution in [1.82, 2.24) is 9.21 Å². The third-order valence-electron chi connectivity index (χ3n) is 4.38. The van der Waals surface area contributed by atoms with Crippen LogP contribution in [0.5, 0.6) is 5.75 Å². The average Bonchev–Trinajstić information content (AvgIpc) is 2.68. The van der Waals surface area contributed by atoms with Crippen molar-refractivity contribution in [2.24, 2.45) is 0 Å². The van der Waals surface area contributed by atoms with Crippen molar-refractivity contribution in [3.63, 3.8) is 0 Å². The van der Waals surface area contributed by atoms with Gasteiger partial charge < -0.3 is 9.64 Å². The van der Waals surface area contributed by atoms with Gasteiger partial charge >= 0.3 is 0 Å². The first-order chi connectivity index (χ1) is 12.9. The van der Waals surface area contributed by atoms with E-state index in [9.17, 15) is 17.6 Å². The van der Waals surface area contributed by atoms with Crippen LogP contribution in [0.15, 0.2) is 53.4 Å². The minimum Gasteiger partial charge on any atom is -0.493 e. The molecule has 0 spiro atoms. The second-order valence-corrected chi connectivity index (χ2v) is 8.02. The van der Waals surface area contributed by atoms with Gasteiger partial charge in [-0.15, -0.1) is 0 Å². The zero-order valence-electron chi connectivity index (χ0n) is 15.0. The third kappa shape index (κ3) is 4.12. The molecule has 1 fully saturated rings. The Bertz CT molecular complexity index is 925. The number of amides is 1. The Morgan fingerprint density at radius 1 is 1.07 bits per heavy atom. The maximum atomic E-state index is 13.4. The highest BCUT2D eigenvalue weighted by molar-refractivity contribution is 7.89. The highest BCUT2D eigenvalue weighted by Gasteiger charge is 2.31. The summed E-state index contributed by atoms with van der Waals surface area (Å²) in [6.07, 6.45) is 0. The summed E-state index contributed by atoms with van der Waals surface area (Å²) >= 11 is 0. The van der Waals surface area contributed by atoms with Crippen LogP contribution >= 0.6 is 0 Å². The molecule has 0 atom stereocenters. The van der Waals surface area contributed by atoms with Crippen molar-refractivity contribution in [2.75, 3.05) is 32.8 Å². The normalized spacial score (nSPS) is 15.6. The molecule has 8 heteroatoms. The molecule has 1 aliphatic heterocycles. The third-order valence-corrected chi connectivity index (χ3v) is 6.27. The maximum absolute atomic E-state index is 13.4. The molecular formula is C19H21FN2O4S. The monoisotopic (exact) mass is 392 g/mol. The summed E-state index contributed by atoms with van der Waals surface area (Å²) in [5, 5.41) is 0. The van der Waals surface area contributed by atoms with Gasteiger partial charge in [0.25, 0.3) is 5.91 Å². The largest absolute Gasteiger partial charge is 0.493 e. The molecule has 0 saturated carbocycles. The Labute approximate surface area is 158 Å². The van der Waals surface area contributed by atoms with Crippen molar-refractivity contribution < 1.29 is 22.3 Å². The molecule has 3 rings (SSSR count). The number of para-hydroxylation sites is 1. The lowest BCUT2D eigenvalue weighted by atomic mass is 10.1. The molecule has 1 saturated heterocycles. The SMILES string of the molecule is CCOc1ccccc1C(=O)N1CCN(S(=O)(=O)c2cccc(F)c2)CC1. The highest BCUT2D eigenvalue weighted by atomic mass is 32.2. The molecule has 0 radical (unpaired) electrons. The predicted molar refractivity (Wildman–Crippen MR) is 98.7 cm³/mol. The van der Waals surface area contributed by atoms with Crippen LogP contribution in [0.4, 0.5) is 4.39 Å². The number of hydrogen-bond donors (Lipinski definition) is 0. The molecule has 27 heavy (non-hydrogen) atoms. The zero-order valence-corrected chi connectivity index (χ0v) is 15.8. The Kier molecular flexibility index (Phi) is 5.76. The smallest absolute Gasteiger partial charge is 0.257 e. The Morgan fingerprint density at radius 3 is 2.44 bits per heavy atom. The number of hydrogen-bond acceptors (Lipinski definition) is 4. The molecule has 0 aliphatic carbocycles. The lowest BCUT2D eigenvalue weighted by molar-refractivity contribution is 0.0693. The van der Waals surface area contributed by atoms with Gasteiger partial charge in [0.15, 0.2) is 0 Å². The fourth-order valence-corrected chi connectivity index (χ4v) is 4.46. The summed E-state index contributed by atoms with van der Waals surface area (Å²) in [5.74, 6) is -0.279. The first-order valence-electron chi connectivity index (χ1n) is 8.70. The van der Waals surface area contributed by atoms with Crippen LogP contribution in [-0.2, 0) is 10.0 Å². The fraction of sp³-hybridized carbons (Fsp3) is 0.316. The first kappa shape index (κ1) is 19.3. The van der Waals surface area contributed by atoms with E-state index >= 15 is 0 Å². The number of halogens is 1. The standard InChI is InChI=1S/C19H21FN2O4S/c1-2-26-18-9-4-3-8-17(18)19(23)21-10-12-22(13-11-21)27(24,25)16-7-5-6-15(20)14-16/h3-9,14H,2,10-13H2,1H3. The lowest BCUT2D eigenvalue weighted by Gasteiger charge is -2.34. The number of rotatable bonds is 5. The van der Waals surface area contributed by atoms with Crippen LogP contribution in [0, 0.1) is 5.82 Å². The number of carbonyl (C=O) groups excluding carboxylic acids is 1. The van der Waals surface area contributed by atoms with Gasteiger partial charge in [0, 0.05) is 26.2 Å². The number of carbonyl (C=O) groups is 1. The van der Waals surface area contributed by atoms with Crippen molar-refractivity contribution in [1.29, 1.82) is 0 Å². The van der Waals surface area contributed by atoms with Gasteiger partial charge in [0.05, 0.1) is 17.1 Å². The summed E-state index contributed by atoms with van der Waals surface area (Å²) < 4.78 is 45.5. The van der Waals surface area contributed by atoms with Gasteiger partial charge in [-0.1, -0.05) is 18.2 Å². The minimum atomic E-state index is -3.78. The van der Waals surface area contributed by atoms with E-state index < -0.39 is 15.8 Å². The van der Waals surface area contributed by atoms with E-state index in [2.05, 4.69) is 0 Å². The number of piperazine rings is 1. The average molecular weight is 392 g/mol. The molecule has 144 valence electrons. The number of benzene rings is 2. The van der Waals surface area contributed by atoms with Crippen LogP contribution in [0.25, 0.3) is 0 Å². The van der Waals surface area contributed by atoms with E-state index in [-0.39, 0.29) is 37.0 Å². The van der Waals surface area contributed by atoms with Gasteiger partial charge in [-0.25, -0.2) is 12.8 Å². The van der Waals surface area contributed by atoms with Gasteiger partial charge in [-0.05, 0) is 37.3 Å². The molecule has 2 aromatic carbocycles. The summed E-state index contributed by atoms with van der Waals surface area (Å²) in [5.41, 5.74) is 0.459. The van der Waals surface area contributed by atoms with Crippen LogP contribution in [-0.4, -0.2) is 56.3 Å². The molecule has 1 amide bonds. The van der Waals surface area contributed by atoms with Gasteiger partial charge in [-0.2, -0.15) is 4.31 Å². The Balaban J connectivity index is 1.71. The first-order valence-corrected chi connectivity index (χ1v) is 10.1. The molecule has 1 aliphatic rings. The summed E-state index contributed by atoms with van der Waals surface area (Å²) in [6, 6.07) is 11.9.